The minimum Gasteiger partial charge on any atom is -0.483 e. The van der Waals surface area contributed by atoms with Gasteiger partial charge in [0.15, 0.2) is 5.84 Å². The highest BCUT2D eigenvalue weighted by Crippen LogP contribution is 2.48. The van der Waals surface area contributed by atoms with Gasteiger partial charge in [0.1, 0.15) is 18.9 Å². The van der Waals surface area contributed by atoms with Crippen LogP contribution in [0.15, 0.2) is 17.2 Å². The number of carbonyl (C=O) groups excluding carboxylic acids is 1. The maximum Gasteiger partial charge on any atom is 0.260 e. The number of hydrazone groups is 1. The van der Waals surface area contributed by atoms with Gasteiger partial charge in [0.05, 0.1) is 11.7 Å². The first kappa shape index (κ1) is 13.2. The Morgan fingerprint density at radius 3 is 2.91 bits per heavy atom. The van der Waals surface area contributed by atoms with Crippen LogP contribution in [-0.4, -0.2) is 44.0 Å². The van der Waals surface area contributed by atoms with Gasteiger partial charge in [-0.15, -0.1) is 0 Å². The summed E-state index contributed by atoms with van der Waals surface area (Å²) in [7, 11) is 0. The number of fused-ring (bicyclic) bond motifs is 3. The Kier molecular flexibility index (Phi) is 2.78. The molecule has 1 aromatic rings. The lowest BCUT2D eigenvalue weighted by molar-refractivity contribution is -0.119. The molecule has 4 aliphatic rings. The van der Waals surface area contributed by atoms with E-state index in [0.717, 1.165) is 30.4 Å². The molecule has 3 N–H and O–H groups in total. The third-order valence-corrected chi connectivity index (χ3v) is 4.86. The SMILES string of the molecule is O=C1CN2C(=NN1)COc1cc(C3CC3)c(NC3CNC3)cc12. The molecular formula is C16H19N5O2. The van der Waals surface area contributed by atoms with Gasteiger partial charge in [-0.1, -0.05) is 0 Å². The molecule has 0 bridgehead atoms. The summed E-state index contributed by atoms with van der Waals surface area (Å²) in [6.07, 6.45) is 2.49. The molecule has 5 rings (SSSR count). The maximum absolute atomic E-state index is 11.7. The summed E-state index contributed by atoms with van der Waals surface area (Å²) in [6, 6.07) is 4.77. The smallest absolute Gasteiger partial charge is 0.260 e. The van der Waals surface area contributed by atoms with Gasteiger partial charge in [0.2, 0.25) is 0 Å². The Bertz CT molecular complexity index is 709. The van der Waals surface area contributed by atoms with Gasteiger partial charge in [-0.25, -0.2) is 5.43 Å². The van der Waals surface area contributed by atoms with Crippen molar-refractivity contribution in [2.75, 3.05) is 36.5 Å². The number of amides is 1. The van der Waals surface area contributed by atoms with Gasteiger partial charge >= 0.3 is 0 Å². The molecule has 1 aliphatic carbocycles. The summed E-state index contributed by atoms with van der Waals surface area (Å²) in [4.78, 5) is 13.7. The van der Waals surface area contributed by atoms with E-state index in [1.165, 1.54) is 24.1 Å². The molecule has 7 heteroatoms. The van der Waals surface area contributed by atoms with Crippen LogP contribution in [0.25, 0.3) is 0 Å². The van der Waals surface area contributed by atoms with Crippen LogP contribution in [0.5, 0.6) is 5.75 Å². The molecule has 7 nitrogen and oxygen atoms in total. The van der Waals surface area contributed by atoms with E-state index in [1.807, 2.05) is 4.90 Å². The Morgan fingerprint density at radius 2 is 2.17 bits per heavy atom. The lowest BCUT2D eigenvalue weighted by Crippen LogP contribution is -2.52. The fourth-order valence-corrected chi connectivity index (χ4v) is 3.31. The van der Waals surface area contributed by atoms with Crippen LogP contribution >= 0.6 is 0 Å². The zero-order valence-electron chi connectivity index (χ0n) is 12.8. The third kappa shape index (κ3) is 2.23. The molecule has 1 aromatic carbocycles. The topological polar surface area (TPSA) is 78.0 Å². The number of anilines is 2. The van der Waals surface area contributed by atoms with Crippen molar-refractivity contribution < 1.29 is 9.53 Å². The number of benzene rings is 1. The Hall–Kier alpha value is -2.28. The Balaban J connectivity index is 1.56. The largest absolute Gasteiger partial charge is 0.483 e. The van der Waals surface area contributed by atoms with Crippen LogP contribution in [0.4, 0.5) is 11.4 Å². The molecule has 0 atom stereocenters. The quantitative estimate of drug-likeness (QED) is 0.761. The normalized spacial score (nSPS) is 23.0. The van der Waals surface area contributed by atoms with Crippen LogP contribution in [-0.2, 0) is 4.79 Å². The number of rotatable bonds is 3. The molecule has 120 valence electrons. The van der Waals surface area contributed by atoms with Crippen molar-refractivity contribution in [1.82, 2.24) is 10.7 Å². The van der Waals surface area contributed by atoms with Gasteiger partial charge in [-0.05, 0) is 36.5 Å². The summed E-state index contributed by atoms with van der Waals surface area (Å²) in [5, 5.41) is 11.0. The van der Waals surface area contributed by atoms with Crippen molar-refractivity contribution >= 4 is 23.1 Å². The van der Waals surface area contributed by atoms with Crippen molar-refractivity contribution in [3.8, 4) is 5.75 Å². The lowest BCUT2D eigenvalue weighted by Gasteiger charge is -2.36. The highest BCUT2D eigenvalue weighted by molar-refractivity contribution is 6.08. The molecule has 2 fully saturated rings. The number of nitrogens with zero attached hydrogens (tertiary/aromatic N) is 2. The molecule has 0 aromatic heterocycles. The monoisotopic (exact) mass is 313 g/mol. The van der Waals surface area contributed by atoms with Crippen LogP contribution in [0.1, 0.15) is 24.3 Å². The number of amidine groups is 1. The van der Waals surface area contributed by atoms with Gasteiger partial charge in [-0.2, -0.15) is 5.10 Å². The van der Waals surface area contributed by atoms with Crippen molar-refractivity contribution in [3.05, 3.63) is 17.7 Å². The standard InChI is InChI=1S/C16H19N5O2/c22-16-7-21-13-4-12(18-10-5-17-6-10)11(9-1-2-9)3-14(13)23-8-15(21)19-20-16/h3-4,9-10,17-18H,1-2,5-8H2,(H,20,22). The van der Waals surface area contributed by atoms with Crippen LogP contribution < -0.4 is 25.7 Å². The summed E-state index contributed by atoms with van der Waals surface area (Å²) in [5.41, 5.74) is 5.97. The van der Waals surface area contributed by atoms with E-state index in [4.69, 9.17) is 4.74 Å². The van der Waals surface area contributed by atoms with E-state index < -0.39 is 0 Å². The average Bonchev–Trinajstić information content (AvgIpc) is 3.34. The highest BCUT2D eigenvalue weighted by Gasteiger charge is 2.34. The molecule has 23 heavy (non-hydrogen) atoms. The van der Waals surface area contributed by atoms with E-state index >= 15 is 0 Å². The minimum absolute atomic E-state index is 0.0921. The van der Waals surface area contributed by atoms with Gasteiger partial charge in [0, 0.05) is 18.8 Å². The van der Waals surface area contributed by atoms with E-state index in [0.29, 0.717) is 25.1 Å². The van der Waals surface area contributed by atoms with Gasteiger partial charge in [-0.3, -0.25) is 4.79 Å². The number of nitrogens with one attached hydrogen (secondary N) is 3. The fraction of sp³-hybridized carbons (Fsp3) is 0.500. The second kappa shape index (κ2) is 4.86. The maximum atomic E-state index is 11.7. The third-order valence-electron chi connectivity index (χ3n) is 4.86. The predicted molar refractivity (Wildman–Crippen MR) is 87.1 cm³/mol. The molecule has 0 spiro atoms. The van der Waals surface area contributed by atoms with E-state index in [-0.39, 0.29) is 5.91 Å². The fourth-order valence-electron chi connectivity index (χ4n) is 3.31. The zero-order chi connectivity index (χ0) is 15.4. The molecule has 1 amide bonds. The zero-order valence-corrected chi connectivity index (χ0v) is 12.8. The van der Waals surface area contributed by atoms with E-state index in [9.17, 15) is 4.79 Å². The van der Waals surface area contributed by atoms with Crippen molar-refractivity contribution in [1.29, 1.82) is 0 Å². The molecule has 0 unspecified atom stereocenters. The van der Waals surface area contributed by atoms with Gasteiger partial charge < -0.3 is 20.3 Å². The van der Waals surface area contributed by atoms with Crippen LogP contribution in [0.2, 0.25) is 0 Å². The number of ether oxygens (including phenoxy) is 1. The Morgan fingerprint density at radius 1 is 1.30 bits per heavy atom. The molecule has 1 saturated heterocycles. The second-order valence-electron chi connectivity index (χ2n) is 6.62. The first-order valence-electron chi connectivity index (χ1n) is 8.19. The number of hydrogen-bond acceptors (Lipinski definition) is 6. The summed E-state index contributed by atoms with van der Waals surface area (Å²) in [6.45, 7) is 2.69. The van der Waals surface area contributed by atoms with Crippen LogP contribution in [0.3, 0.4) is 0 Å². The average molecular weight is 313 g/mol. The van der Waals surface area contributed by atoms with Crippen LogP contribution in [0, 0.1) is 0 Å². The van der Waals surface area contributed by atoms with E-state index in [2.05, 4.69) is 33.3 Å². The van der Waals surface area contributed by atoms with Crippen molar-refractivity contribution in [2.45, 2.75) is 24.8 Å². The molecule has 1 saturated carbocycles. The molecular weight excluding hydrogens is 294 g/mol. The van der Waals surface area contributed by atoms with Crippen molar-refractivity contribution in [3.63, 3.8) is 0 Å². The molecule has 3 heterocycles. The number of carbonyl (C=O) groups is 1. The Labute approximate surface area is 134 Å². The predicted octanol–water partition coefficient (Wildman–Crippen LogP) is 0.590. The second-order valence-corrected chi connectivity index (χ2v) is 6.62. The van der Waals surface area contributed by atoms with Gasteiger partial charge in [0.25, 0.3) is 5.91 Å². The minimum atomic E-state index is -0.0921. The lowest BCUT2D eigenvalue weighted by atomic mass is 10.0. The first-order chi connectivity index (χ1) is 11.3. The molecule has 3 aliphatic heterocycles. The molecule has 0 radical (unpaired) electrons. The number of hydrogen-bond donors (Lipinski definition) is 3. The highest BCUT2D eigenvalue weighted by atomic mass is 16.5. The summed E-state index contributed by atoms with van der Waals surface area (Å²) >= 11 is 0. The summed E-state index contributed by atoms with van der Waals surface area (Å²) in [5.74, 6) is 2.16. The van der Waals surface area contributed by atoms with E-state index in [1.54, 1.807) is 0 Å². The van der Waals surface area contributed by atoms with Crippen molar-refractivity contribution in [2.24, 2.45) is 5.10 Å². The summed E-state index contributed by atoms with van der Waals surface area (Å²) < 4.78 is 5.88. The first-order valence-corrected chi connectivity index (χ1v) is 8.19.